The van der Waals surface area contributed by atoms with Gasteiger partial charge in [0, 0.05) is 11.9 Å². The van der Waals surface area contributed by atoms with Crippen LogP contribution in [-0.2, 0) is 4.79 Å². The molecule has 0 aliphatic heterocycles. The highest BCUT2D eigenvalue weighted by molar-refractivity contribution is 6.25. The van der Waals surface area contributed by atoms with Crippen LogP contribution in [0.2, 0.25) is 0 Å². The third-order valence-electron chi connectivity index (χ3n) is 3.84. The van der Waals surface area contributed by atoms with E-state index >= 15 is 0 Å². The van der Waals surface area contributed by atoms with Gasteiger partial charge in [0.2, 0.25) is 0 Å². The molecule has 3 heteroatoms. The molecule has 0 bridgehead atoms. The Morgan fingerprint density at radius 1 is 1.14 bits per heavy atom. The van der Waals surface area contributed by atoms with Crippen molar-refractivity contribution >= 4 is 17.2 Å². The zero-order chi connectivity index (χ0) is 15.9. The number of amides is 1. The molecule has 0 saturated carbocycles. The Labute approximate surface area is 131 Å². The SMILES string of the molecule is CCC(C)c1ccccc1/C(=C\N)C(=O)Nc1ccccc1. The largest absolute Gasteiger partial charge is 0.404 e. The maximum atomic E-state index is 12.5. The van der Waals surface area contributed by atoms with E-state index in [1.165, 1.54) is 6.20 Å². The van der Waals surface area contributed by atoms with Crippen LogP contribution in [0.5, 0.6) is 0 Å². The van der Waals surface area contributed by atoms with Crippen molar-refractivity contribution < 1.29 is 4.79 Å². The maximum absolute atomic E-state index is 12.5. The van der Waals surface area contributed by atoms with Crippen LogP contribution >= 0.6 is 0 Å². The molecule has 0 heterocycles. The van der Waals surface area contributed by atoms with Crippen LogP contribution < -0.4 is 11.1 Å². The molecule has 0 saturated heterocycles. The van der Waals surface area contributed by atoms with Crippen molar-refractivity contribution in [3.05, 3.63) is 71.9 Å². The fourth-order valence-corrected chi connectivity index (χ4v) is 2.40. The van der Waals surface area contributed by atoms with Crippen molar-refractivity contribution in [1.29, 1.82) is 0 Å². The molecule has 2 rings (SSSR count). The monoisotopic (exact) mass is 294 g/mol. The van der Waals surface area contributed by atoms with Gasteiger partial charge in [-0.1, -0.05) is 56.3 Å². The predicted molar refractivity (Wildman–Crippen MR) is 92.4 cm³/mol. The lowest BCUT2D eigenvalue weighted by atomic mass is 9.90. The average Bonchev–Trinajstić information content (AvgIpc) is 2.56. The van der Waals surface area contributed by atoms with E-state index in [2.05, 4.69) is 25.2 Å². The minimum atomic E-state index is -0.190. The number of hydrogen-bond donors (Lipinski definition) is 2. The summed E-state index contributed by atoms with van der Waals surface area (Å²) in [6, 6.07) is 17.3. The Morgan fingerprint density at radius 3 is 2.41 bits per heavy atom. The van der Waals surface area contributed by atoms with Gasteiger partial charge in [-0.25, -0.2) is 0 Å². The van der Waals surface area contributed by atoms with Crippen molar-refractivity contribution in [1.82, 2.24) is 0 Å². The molecule has 2 aromatic carbocycles. The molecule has 114 valence electrons. The van der Waals surface area contributed by atoms with Gasteiger partial charge in [0.25, 0.3) is 5.91 Å². The quantitative estimate of drug-likeness (QED) is 0.814. The van der Waals surface area contributed by atoms with Crippen LogP contribution in [0.3, 0.4) is 0 Å². The van der Waals surface area contributed by atoms with Gasteiger partial charge in [0.15, 0.2) is 0 Å². The molecule has 22 heavy (non-hydrogen) atoms. The van der Waals surface area contributed by atoms with Crippen LogP contribution in [-0.4, -0.2) is 5.91 Å². The number of anilines is 1. The second kappa shape index (κ2) is 7.46. The lowest BCUT2D eigenvalue weighted by Crippen LogP contribution is -2.16. The summed E-state index contributed by atoms with van der Waals surface area (Å²) < 4.78 is 0. The number of hydrogen-bond acceptors (Lipinski definition) is 2. The number of rotatable bonds is 5. The van der Waals surface area contributed by atoms with E-state index in [9.17, 15) is 4.79 Å². The summed E-state index contributed by atoms with van der Waals surface area (Å²) in [5.74, 6) is 0.181. The predicted octanol–water partition coefficient (Wildman–Crippen LogP) is 4.14. The first-order valence-corrected chi connectivity index (χ1v) is 7.55. The molecule has 3 N–H and O–H groups in total. The Morgan fingerprint density at radius 2 is 1.77 bits per heavy atom. The molecule has 0 aliphatic rings. The zero-order valence-electron chi connectivity index (χ0n) is 13.0. The third kappa shape index (κ3) is 3.55. The molecular formula is C19H22N2O. The lowest BCUT2D eigenvalue weighted by Gasteiger charge is -2.17. The van der Waals surface area contributed by atoms with E-state index in [-0.39, 0.29) is 5.91 Å². The Kier molecular flexibility index (Phi) is 5.37. The number of benzene rings is 2. The Hall–Kier alpha value is -2.55. The van der Waals surface area contributed by atoms with E-state index < -0.39 is 0 Å². The van der Waals surface area contributed by atoms with Crippen LogP contribution in [0.15, 0.2) is 60.8 Å². The van der Waals surface area contributed by atoms with Gasteiger partial charge in [-0.3, -0.25) is 4.79 Å². The number of nitrogens with one attached hydrogen (secondary N) is 1. The standard InChI is InChI=1S/C19H22N2O/c1-3-14(2)16-11-7-8-12-17(16)18(13-20)19(22)21-15-9-5-4-6-10-15/h4-14H,3,20H2,1-2H3,(H,21,22)/b18-13+. The van der Waals surface area contributed by atoms with Gasteiger partial charge >= 0.3 is 0 Å². The minimum absolute atomic E-state index is 0.190. The fraction of sp³-hybridized carbons (Fsp3) is 0.211. The molecular weight excluding hydrogens is 272 g/mol. The second-order valence-corrected chi connectivity index (χ2v) is 5.30. The van der Waals surface area contributed by atoms with E-state index in [0.29, 0.717) is 11.5 Å². The molecule has 1 atom stereocenters. The van der Waals surface area contributed by atoms with E-state index in [4.69, 9.17) is 5.73 Å². The summed E-state index contributed by atoms with van der Waals surface area (Å²) >= 11 is 0. The molecule has 3 nitrogen and oxygen atoms in total. The van der Waals surface area contributed by atoms with Gasteiger partial charge in [-0.2, -0.15) is 0 Å². The summed E-state index contributed by atoms with van der Waals surface area (Å²) in [5, 5.41) is 2.89. The third-order valence-corrected chi connectivity index (χ3v) is 3.84. The van der Waals surface area contributed by atoms with Gasteiger partial charge in [0.05, 0.1) is 5.57 Å². The first-order chi connectivity index (χ1) is 10.7. The van der Waals surface area contributed by atoms with Crippen LogP contribution in [0.1, 0.15) is 37.3 Å². The molecule has 0 aromatic heterocycles. The molecule has 0 fully saturated rings. The van der Waals surface area contributed by atoms with Crippen molar-refractivity contribution in [2.75, 3.05) is 5.32 Å². The molecule has 0 aliphatic carbocycles. The first-order valence-electron chi connectivity index (χ1n) is 7.55. The van der Waals surface area contributed by atoms with Crippen LogP contribution in [0.25, 0.3) is 5.57 Å². The number of nitrogens with two attached hydrogens (primary N) is 1. The molecule has 1 amide bonds. The highest BCUT2D eigenvalue weighted by Crippen LogP contribution is 2.28. The summed E-state index contributed by atoms with van der Waals surface area (Å²) in [6.07, 6.45) is 2.40. The molecule has 0 radical (unpaired) electrons. The first kappa shape index (κ1) is 15.8. The van der Waals surface area contributed by atoms with E-state index in [0.717, 1.165) is 23.2 Å². The molecule has 2 aromatic rings. The van der Waals surface area contributed by atoms with Crippen molar-refractivity contribution in [3.63, 3.8) is 0 Å². The number of carbonyl (C=O) groups excluding carboxylic acids is 1. The smallest absolute Gasteiger partial charge is 0.257 e. The highest BCUT2D eigenvalue weighted by Gasteiger charge is 2.17. The van der Waals surface area contributed by atoms with Crippen molar-refractivity contribution in [3.8, 4) is 0 Å². The number of para-hydroxylation sites is 1. The van der Waals surface area contributed by atoms with Gasteiger partial charge in [0.1, 0.15) is 0 Å². The van der Waals surface area contributed by atoms with Crippen LogP contribution in [0.4, 0.5) is 5.69 Å². The Balaban J connectivity index is 2.31. The van der Waals surface area contributed by atoms with Crippen molar-refractivity contribution in [2.45, 2.75) is 26.2 Å². The summed E-state index contributed by atoms with van der Waals surface area (Å²) in [7, 11) is 0. The average molecular weight is 294 g/mol. The maximum Gasteiger partial charge on any atom is 0.257 e. The van der Waals surface area contributed by atoms with Crippen LogP contribution in [0, 0.1) is 0 Å². The summed E-state index contributed by atoms with van der Waals surface area (Å²) in [5.41, 5.74) is 9.04. The fourth-order valence-electron chi connectivity index (χ4n) is 2.40. The highest BCUT2D eigenvalue weighted by atomic mass is 16.1. The molecule has 1 unspecified atom stereocenters. The molecule has 0 spiro atoms. The summed E-state index contributed by atoms with van der Waals surface area (Å²) in [4.78, 5) is 12.5. The zero-order valence-corrected chi connectivity index (χ0v) is 13.0. The van der Waals surface area contributed by atoms with Gasteiger partial charge in [-0.15, -0.1) is 0 Å². The lowest BCUT2D eigenvalue weighted by molar-refractivity contribution is -0.111. The second-order valence-electron chi connectivity index (χ2n) is 5.30. The van der Waals surface area contributed by atoms with Gasteiger partial charge < -0.3 is 11.1 Å². The topological polar surface area (TPSA) is 55.1 Å². The van der Waals surface area contributed by atoms with E-state index in [1.54, 1.807) is 0 Å². The normalized spacial score (nSPS) is 12.7. The van der Waals surface area contributed by atoms with Gasteiger partial charge in [-0.05, 0) is 35.6 Å². The van der Waals surface area contributed by atoms with Crippen molar-refractivity contribution in [2.24, 2.45) is 5.73 Å². The van der Waals surface area contributed by atoms with E-state index in [1.807, 2.05) is 48.5 Å². The summed E-state index contributed by atoms with van der Waals surface area (Å²) in [6.45, 7) is 4.29. The number of carbonyl (C=O) groups is 1. The Bertz CT molecular complexity index is 662. The minimum Gasteiger partial charge on any atom is -0.404 e.